The van der Waals surface area contributed by atoms with Gasteiger partial charge in [-0.1, -0.05) is 6.07 Å². The third-order valence-electron chi connectivity index (χ3n) is 6.21. The van der Waals surface area contributed by atoms with E-state index in [1.165, 1.54) is 7.11 Å². The van der Waals surface area contributed by atoms with Gasteiger partial charge in [0.1, 0.15) is 12.2 Å². The fourth-order valence-corrected chi connectivity index (χ4v) is 4.40. The number of amides is 1. The van der Waals surface area contributed by atoms with Gasteiger partial charge in [-0.05, 0) is 29.8 Å². The van der Waals surface area contributed by atoms with Gasteiger partial charge < -0.3 is 28.2 Å². The Balaban J connectivity index is 1.23. The minimum atomic E-state index is -0.442. The summed E-state index contributed by atoms with van der Waals surface area (Å²) in [5, 5.41) is 0. The van der Waals surface area contributed by atoms with E-state index in [0.717, 1.165) is 47.7 Å². The van der Waals surface area contributed by atoms with Gasteiger partial charge >= 0.3 is 5.97 Å². The molecular formula is C23H26N4O5. The lowest BCUT2D eigenvalue weighted by atomic mass is 10.1. The molecule has 1 aromatic carbocycles. The van der Waals surface area contributed by atoms with Crippen molar-refractivity contribution in [1.29, 1.82) is 0 Å². The van der Waals surface area contributed by atoms with E-state index in [0.29, 0.717) is 18.8 Å². The lowest BCUT2D eigenvalue weighted by molar-refractivity contribution is -0.133. The molecule has 1 saturated heterocycles. The Labute approximate surface area is 185 Å². The maximum Gasteiger partial charge on any atom is 0.354 e. The Morgan fingerprint density at radius 3 is 2.56 bits per heavy atom. The van der Waals surface area contributed by atoms with Crippen LogP contribution in [-0.2, 0) is 29.7 Å². The number of carbonyl (C=O) groups excluding carboxylic acids is 2. The van der Waals surface area contributed by atoms with Gasteiger partial charge in [0.15, 0.2) is 11.5 Å². The quantitative estimate of drug-likeness (QED) is 0.566. The van der Waals surface area contributed by atoms with Crippen LogP contribution in [0.3, 0.4) is 0 Å². The number of piperazine rings is 1. The van der Waals surface area contributed by atoms with Gasteiger partial charge in [0.05, 0.1) is 18.1 Å². The highest BCUT2D eigenvalue weighted by molar-refractivity contribution is 5.96. The van der Waals surface area contributed by atoms with Crippen LogP contribution in [-0.4, -0.2) is 70.9 Å². The molecule has 2 aliphatic heterocycles. The fourth-order valence-electron chi connectivity index (χ4n) is 4.40. The molecule has 5 rings (SSSR count). The molecule has 0 radical (unpaired) electrons. The molecule has 1 fully saturated rings. The van der Waals surface area contributed by atoms with E-state index in [2.05, 4.69) is 11.0 Å². The first-order chi connectivity index (χ1) is 15.5. The number of hydrogen-bond donors (Lipinski definition) is 0. The van der Waals surface area contributed by atoms with Crippen LogP contribution < -0.4 is 9.47 Å². The van der Waals surface area contributed by atoms with Crippen molar-refractivity contribution in [2.24, 2.45) is 7.05 Å². The summed E-state index contributed by atoms with van der Waals surface area (Å²) in [4.78, 5) is 29.5. The smallest absolute Gasteiger partial charge is 0.354 e. The summed E-state index contributed by atoms with van der Waals surface area (Å²) in [7, 11) is 3.26. The number of ether oxygens (including phenoxy) is 3. The van der Waals surface area contributed by atoms with Crippen LogP contribution in [0.5, 0.6) is 11.5 Å². The highest BCUT2D eigenvalue weighted by Crippen LogP contribution is 2.33. The van der Waals surface area contributed by atoms with Gasteiger partial charge in [-0.2, -0.15) is 0 Å². The second-order valence-corrected chi connectivity index (χ2v) is 8.15. The van der Waals surface area contributed by atoms with Crippen molar-refractivity contribution in [1.82, 2.24) is 18.9 Å². The molecule has 168 valence electrons. The third kappa shape index (κ3) is 3.69. The molecule has 1 amide bonds. The Morgan fingerprint density at radius 1 is 1.00 bits per heavy atom. The Kier molecular flexibility index (Phi) is 5.26. The normalized spacial score (nSPS) is 16.0. The molecule has 0 atom stereocenters. The number of nitrogens with zero attached hydrogens (tertiary/aromatic N) is 4. The molecule has 2 aliphatic rings. The minimum Gasteiger partial charge on any atom is -0.464 e. The van der Waals surface area contributed by atoms with E-state index in [4.69, 9.17) is 14.2 Å². The number of aryl methyl sites for hydroxylation is 1. The number of rotatable bonds is 5. The van der Waals surface area contributed by atoms with Crippen molar-refractivity contribution >= 4 is 22.9 Å². The minimum absolute atomic E-state index is 0.000708. The van der Waals surface area contributed by atoms with Crippen molar-refractivity contribution in [3.8, 4) is 11.5 Å². The first-order valence-corrected chi connectivity index (χ1v) is 10.6. The lowest BCUT2D eigenvalue weighted by Crippen LogP contribution is -2.49. The Morgan fingerprint density at radius 2 is 1.78 bits per heavy atom. The molecular weight excluding hydrogens is 412 g/mol. The number of carbonyl (C=O) groups is 2. The predicted molar refractivity (Wildman–Crippen MR) is 117 cm³/mol. The average Bonchev–Trinajstić information content (AvgIpc) is 3.51. The summed E-state index contributed by atoms with van der Waals surface area (Å²) in [6.45, 7) is 4.06. The van der Waals surface area contributed by atoms with Crippen molar-refractivity contribution in [2.75, 3.05) is 40.1 Å². The van der Waals surface area contributed by atoms with Crippen LogP contribution in [0, 0.1) is 0 Å². The number of aromatic nitrogens is 2. The standard InChI is InChI=1S/C23H26N4O5/c1-24-6-5-17-18(24)12-19(23(29)30-2)27(17)14-22(28)26-9-7-25(8-10-26)13-16-3-4-20-21(11-16)32-15-31-20/h3-6,11-12H,7-10,13-15H2,1-2H3. The average molecular weight is 438 g/mol. The van der Waals surface area contributed by atoms with E-state index in [9.17, 15) is 9.59 Å². The number of esters is 1. The third-order valence-corrected chi connectivity index (χ3v) is 6.21. The summed E-state index contributed by atoms with van der Waals surface area (Å²) < 4.78 is 19.4. The van der Waals surface area contributed by atoms with Crippen molar-refractivity contribution in [3.05, 3.63) is 47.8 Å². The predicted octanol–water partition coefficient (Wildman–Crippen LogP) is 1.84. The molecule has 32 heavy (non-hydrogen) atoms. The second kappa shape index (κ2) is 8.23. The van der Waals surface area contributed by atoms with Crippen LogP contribution >= 0.6 is 0 Å². The van der Waals surface area contributed by atoms with E-state index >= 15 is 0 Å². The topological polar surface area (TPSA) is 78.2 Å². The molecule has 0 saturated carbocycles. The molecule has 0 unspecified atom stereocenters. The van der Waals surface area contributed by atoms with E-state index in [1.807, 2.05) is 40.9 Å². The molecule has 2 aromatic heterocycles. The zero-order valence-electron chi connectivity index (χ0n) is 18.2. The maximum atomic E-state index is 13.1. The van der Waals surface area contributed by atoms with Crippen LogP contribution in [0.2, 0.25) is 0 Å². The first-order valence-electron chi connectivity index (χ1n) is 10.6. The van der Waals surface area contributed by atoms with Gasteiger partial charge in [-0.3, -0.25) is 9.69 Å². The number of fused-ring (bicyclic) bond motifs is 2. The van der Waals surface area contributed by atoms with Gasteiger partial charge in [-0.25, -0.2) is 4.79 Å². The van der Waals surface area contributed by atoms with Crippen molar-refractivity contribution in [2.45, 2.75) is 13.1 Å². The first kappa shape index (κ1) is 20.4. The number of methoxy groups -OCH3 is 1. The second-order valence-electron chi connectivity index (χ2n) is 8.15. The molecule has 9 heteroatoms. The number of benzene rings is 1. The molecule has 3 aromatic rings. The molecule has 4 heterocycles. The van der Waals surface area contributed by atoms with Crippen LogP contribution in [0.4, 0.5) is 0 Å². The van der Waals surface area contributed by atoms with Gasteiger partial charge in [0, 0.05) is 46.0 Å². The molecule has 0 aliphatic carbocycles. The van der Waals surface area contributed by atoms with Gasteiger partial charge in [0.25, 0.3) is 0 Å². The molecule has 9 nitrogen and oxygen atoms in total. The highest BCUT2D eigenvalue weighted by Gasteiger charge is 2.25. The van der Waals surface area contributed by atoms with Gasteiger partial charge in [0.2, 0.25) is 12.7 Å². The summed E-state index contributed by atoms with van der Waals surface area (Å²) in [6.07, 6.45) is 1.92. The Hall–Kier alpha value is -3.46. The largest absolute Gasteiger partial charge is 0.464 e. The van der Waals surface area contributed by atoms with E-state index < -0.39 is 5.97 Å². The fraction of sp³-hybridized carbons (Fsp3) is 0.391. The van der Waals surface area contributed by atoms with Crippen molar-refractivity contribution in [3.63, 3.8) is 0 Å². The zero-order chi connectivity index (χ0) is 22.2. The summed E-state index contributed by atoms with van der Waals surface area (Å²) in [5.41, 5.74) is 3.30. The van der Waals surface area contributed by atoms with Crippen LogP contribution in [0.1, 0.15) is 16.1 Å². The van der Waals surface area contributed by atoms with Crippen LogP contribution in [0.15, 0.2) is 36.5 Å². The SMILES string of the molecule is COC(=O)c1cc2c(ccn2C)n1CC(=O)N1CCN(Cc2ccc3c(c2)OCO3)CC1. The molecule has 0 N–H and O–H groups in total. The number of hydrogen-bond acceptors (Lipinski definition) is 6. The molecule has 0 bridgehead atoms. The lowest BCUT2D eigenvalue weighted by Gasteiger charge is -2.35. The van der Waals surface area contributed by atoms with E-state index in [1.54, 1.807) is 10.6 Å². The summed E-state index contributed by atoms with van der Waals surface area (Å²) in [6, 6.07) is 9.70. The van der Waals surface area contributed by atoms with Gasteiger partial charge in [-0.15, -0.1) is 0 Å². The zero-order valence-corrected chi connectivity index (χ0v) is 18.2. The highest BCUT2D eigenvalue weighted by atomic mass is 16.7. The summed E-state index contributed by atoms with van der Waals surface area (Å²) >= 11 is 0. The van der Waals surface area contributed by atoms with Crippen LogP contribution in [0.25, 0.3) is 11.0 Å². The van der Waals surface area contributed by atoms with Crippen molar-refractivity contribution < 1.29 is 23.8 Å². The monoisotopic (exact) mass is 438 g/mol. The summed E-state index contributed by atoms with van der Waals surface area (Å²) in [5.74, 6) is 1.13. The van der Waals surface area contributed by atoms with E-state index in [-0.39, 0.29) is 19.2 Å². The Bertz CT molecular complexity index is 1170. The maximum absolute atomic E-state index is 13.1. The molecule has 0 spiro atoms.